The third kappa shape index (κ3) is 2.17. The first kappa shape index (κ1) is 11.7. The molecule has 1 aromatic carbocycles. The van der Waals surface area contributed by atoms with Gasteiger partial charge < -0.3 is 8.98 Å². The van der Waals surface area contributed by atoms with Crippen molar-refractivity contribution in [1.29, 1.82) is 0 Å². The van der Waals surface area contributed by atoms with Crippen LogP contribution in [0.1, 0.15) is 23.3 Å². The minimum absolute atomic E-state index is 0.0381. The lowest BCUT2D eigenvalue weighted by molar-refractivity contribution is 0.0946. The standard InChI is InChI=1S/C15H14N2O2/c1-2-15-16-7-8-17(15)10-12(18)14-9-11-5-3-4-6-13(11)19-14/h3-9H,2,10H2,1H3. The SMILES string of the molecule is CCc1nccn1CC(=O)c1cc2ccccc2o1. The molecule has 2 aromatic heterocycles. The summed E-state index contributed by atoms with van der Waals surface area (Å²) in [5.74, 6) is 1.27. The van der Waals surface area contributed by atoms with Crippen molar-refractivity contribution >= 4 is 16.8 Å². The molecule has 2 heterocycles. The van der Waals surface area contributed by atoms with Crippen molar-refractivity contribution in [2.24, 2.45) is 0 Å². The van der Waals surface area contributed by atoms with Crippen molar-refractivity contribution in [3.8, 4) is 0 Å². The first-order valence-corrected chi connectivity index (χ1v) is 6.29. The molecule has 0 saturated carbocycles. The fraction of sp³-hybridized carbons (Fsp3) is 0.200. The number of furan rings is 1. The predicted octanol–water partition coefficient (Wildman–Crippen LogP) is 3.07. The molecule has 0 radical (unpaired) electrons. The van der Waals surface area contributed by atoms with Gasteiger partial charge in [-0.15, -0.1) is 0 Å². The van der Waals surface area contributed by atoms with Gasteiger partial charge >= 0.3 is 0 Å². The average Bonchev–Trinajstić information content (AvgIpc) is 3.03. The van der Waals surface area contributed by atoms with E-state index in [4.69, 9.17) is 4.42 Å². The second kappa shape index (κ2) is 4.72. The van der Waals surface area contributed by atoms with Crippen molar-refractivity contribution in [3.63, 3.8) is 0 Å². The Morgan fingerprint density at radius 2 is 2.21 bits per heavy atom. The van der Waals surface area contributed by atoms with E-state index in [1.165, 1.54) is 0 Å². The summed E-state index contributed by atoms with van der Waals surface area (Å²) in [6.45, 7) is 2.29. The smallest absolute Gasteiger partial charge is 0.217 e. The Balaban J connectivity index is 1.87. The van der Waals surface area contributed by atoms with Crippen molar-refractivity contribution in [2.75, 3.05) is 0 Å². The van der Waals surface area contributed by atoms with Crippen LogP contribution in [0, 0.1) is 0 Å². The van der Waals surface area contributed by atoms with Gasteiger partial charge in [-0.1, -0.05) is 25.1 Å². The van der Waals surface area contributed by atoms with Crippen LogP contribution in [0.3, 0.4) is 0 Å². The minimum Gasteiger partial charge on any atom is -0.453 e. The Hall–Kier alpha value is -2.36. The van der Waals surface area contributed by atoms with Crippen LogP contribution in [0.15, 0.2) is 47.1 Å². The zero-order valence-electron chi connectivity index (χ0n) is 10.7. The highest BCUT2D eigenvalue weighted by molar-refractivity contribution is 5.97. The van der Waals surface area contributed by atoms with Crippen LogP contribution in [-0.4, -0.2) is 15.3 Å². The molecule has 0 saturated heterocycles. The summed E-state index contributed by atoms with van der Waals surface area (Å²) in [7, 11) is 0. The number of hydrogen-bond acceptors (Lipinski definition) is 3. The number of nitrogens with zero attached hydrogens (tertiary/aromatic N) is 2. The highest BCUT2D eigenvalue weighted by atomic mass is 16.3. The minimum atomic E-state index is -0.0381. The molecular formula is C15H14N2O2. The van der Waals surface area contributed by atoms with E-state index in [0.29, 0.717) is 5.76 Å². The van der Waals surface area contributed by atoms with Gasteiger partial charge in [-0.25, -0.2) is 4.98 Å². The summed E-state index contributed by atoms with van der Waals surface area (Å²) in [6.07, 6.45) is 4.34. The molecular weight excluding hydrogens is 240 g/mol. The van der Waals surface area contributed by atoms with Crippen LogP contribution < -0.4 is 0 Å². The largest absolute Gasteiger partial charge is 0.453 e. The highest BCUT2D eigenvalue weighted by Gasteiger charge is 2.13. The summed E-state index contributed by atoms with van der Waals surface area (Å²) >= 11 is 0. The molecule has 0 aliphatic carbocycles. The zero-order valence-corrected chi connectivity index (χ0v) is 10.7. The van der Waals surface area contributed by atoms with Crippen molar-refractivity contribution in [2.45, 2.75) is 19.9 Å². The molecule has 0 bridgehead atoms. The number of ketones is 1. The van der Waals surface area contributed by atoms with Crippen molar-refractivity contribution < 1.29 is 9.21 Å². The maximum absolute atomic E-state index is 12.2. The van der Waals surface area contributed by atoms with Crippen molar-refractivity contribution in [1.82, 2.24) is 9.55 Å². The predicted molar refractivity (Wildman–Crippen MR) is 72.1 cm³/mol. The molecule has 0 aliphatic heterocycles. The number of hydrogen-bond donors (Lipinski definition) is 0. The maximum atomic E-state index is 12.2. The number of rotatable bonds is 4. The van der Waals surface area contributed by atoms with Gasteiger partial charge in [0.2, 0.25) is 5.78 Å². The van der Waals surface area contributed by atoms with Gasteiger partial charge in [-0.3, -0.25) is 4.79 Å². The number of aryl methyl sites for hydroxylation is 1. The molecule has 4 heteroatoms. The fourth-order valence-electron chi connectivity index (χ4n) is 2.15. The molecule has 0 unspecified atom stereocenters. The molecule has 0 amide bonds. The lowest BCUT2D eigenvalue weighted by atomic mass is 10.2. The third-order valence-electron chi connectivity index (χ3n) is 3.13. The van der Waals surface area contributed by atoms with Crippen LogP contribution in [0.2, 0.25) is 0 Å². The number of para-hydroxylation sites is 1. The van der Waals surface area contributed by atoms with Crippen LogP contribution in [0.5, 0.6) is 0 Å². The van der Waals surface area contributed by atoms with E-state index < -0.39 is 0 Å². The van der Waals surface area contributed by atoms with E-state index in [0.717, 1.165) is 23.2 Å². The van der Waals surface area contributed by atoms with Crippen LogP contribution >= 0.6 is 0 Å². The monoisotopic (exact) mass is 254 g/mol. The van der Waals surface area contributed by atoms with Crippen LogP contribution in [-0.2, 0) is 13.0 Å². The first-order valence-electron chi connectivity index (χ1n) is 6.29. The quantitative estimate of drug-likeness (QED) is 0.672. The Kier molecular flexibility index (Phi) is 2.91. The summed E-state index contributed by atoms with van der Waals surface area (Å²) in [5, 5.41) is 0.951. The Morgan fingerprint density at radius 3 is 3.00 bits per heavy atom. The third-order valence-corrected chi connectivity index (χ3v) is 3.13. The van der Waals surface area contributed by atoms with Gasteiger partial charge in [0.1, 0.15) is 11.4 Å². The Labute approximate surface area is 110 Å². The number of imidazole rings is 1. The lowest BCUT2D eigenvalue weighted by Crippen LogP contribution is -2.11. The molecule has 0 N–H and O–H groups in total. The second-order valence-electron chi connectivity index (χ2n) is 4.40. The first-order chi connectivity index (χ1) is 9.28. The molecule has 3 aromatic rings. The Bertz CT molecular complexity index is 691. The van der Waals surface area contributed by atoms with Crippen LogP contribution in [0.25, 0.3) is 11.0 Å². The van der Waals surface area contributed by atoms with Crippen molar-refractivity contribution in [3.05, 3.63) is 54.3 Å². The maximum Gasteiger partial charge on any atom is 0.217 e. The normalized spacial score (nSPS) is 11.0. The number of Topliss-reactive ketones (excluding diaryl/α,β-unsaturated/α-hetero) is 1. The van der Waals surface area contributed by atoms with Gasteiger partial charge in [0.05, 0.1) is 6.54 Å². The van der Waals surface area contributed by atoms with E-state index in [1.807, 2.05) is 42.0 Å². The molecule has 3 rings (SSSR count). The summed E-state index contributed by atoms with van der Waals surface area (Å²) in [4.78, 5) is 16.4. The molecule has 0 atom stereocenters. The Morgan fingerprint density at radius 1 is 1.37 bits per heavy atom. The van der Waals surface area contributed by atoms with Crippen LogP contribution in [0.4, 0.5) is 0 Å². The second-order valence-corrected chi connectivity index (χ2v) is 4.40. The van der Waals surface area contributed by atoms with Gasteiger partial charge in [0.25, 0.3) is 0 Å². The lowest BCUT2D eigenvalue weighted by Gasteiger charge is -2.03. The van der Waals surface area contributed by atoms with Gasteiger partial charge in [-0.2, -0.15) is 0 Å². The number of carbonyl (C=O) groups excluding carboxylic acids is 1. The summed E-state index contributed by atoms with van der Waals surface area (Å²) in [5.41, 5.74) is 0.743. The molecule has 96 valence electrons. The molecule has 0 aliphatic rings. The summed E-state index contributed by atoms with van der Waals surface area (Å²) < 4.78 is 7.43. The molecule has 19 heavy (non-hydrogen) atoms. The number of fused-ring (bicyclic) bond motifs is 1. The van der Waals surface area contributed by atoms with E-state index in [1.54, 1.807) is 12.3 Å². The molecule has 0 fully saturated rings. The highest BCUT2D eigenvalue weighted by Crippen LogP contribution is 2.19. The fourth-order valence-corrected chi connectivity index (χ4v) is 2.15. The van der Waals surface area contributed by atoms with E-state index >= 15 is 0 Å². The number of aromatic nitrogens is 2. The topological polar surface area (TPSA) is 48.0 Å². The van der Waals surface area contributed by atoms with Gasteiger partial charge in [-0.05, 0) is 12.1 Å². The number of benzene rings is 1. The zero-order chi connectivity index (χ0) is 13.2. The van der Waals surface area contributed by atoms with Gasteiger partial charge in [0, 0.05) is 24.2 Å². The van der Waals surface area contributed by atoms with E-state index in [2.05, 4.69) is 4.98 Å². The van der Waals surface area contributed by atoms with E-state index in [-0.39, 0.29) is 12.3 Å². The average molecular weight is 254 g/mol. The summed E-state index contributed by atoms with van der Waals surface area (Å²) in [6, 6.07) is 9.41. The van der Waals surface area contributed by atoms with E-state index in [9.17, 15) is 4.79 Å². The molecule has 4 nitrogen and oxygen atoms in total. The van der Waals surface area contributed by atoms with Gasteiger partial charge in [0.15, 0.2) is 5.76 Å². The molecule has 0 spiro atoms. The number of carbonyl (C=O) groups is 1.